The van der Waals surface area contributed by atoms with E-state index in [1.54, 1.807) is 0 Å². The predicted molar refractivity (Wildman–Crippen MR) is 64.4 cm³/mol. The lowest BCUT2D eigenvalue weighted by molar-refractivity contribution is 0.0158. The molecule has 1 saturated heterocycles. The van der Waals surface area contributed by atoms with Gasteiger partial charge in [0, 0.05) is 13.2 Å². The zero-order chi connectivity index (χ0) is 11.2. The summed E-state index contributed by atoms with van der Waals surface area (Å²) in [5, 5.41) is 12.9. The van der Waals surface area contributed by atoms with Crippen LogP contribution in [-0.4, -0.2) is 37.0 Å². The van der Waals surface area contributed by atoms with E-state index in [0.29, 0.717) is 6.10 Å². The van der Waals surface area contributed by atoms with Crippen LogP contribution in [0.2, 0.25) is 0 Å². The molecule has 94 valence electrons. The first-order valence-electron chi connectivity index (χ1n) is 6.85. The first-order chi connectivity index (χ1) is 7.84. The summed E-state index contributed by atoms with van der Waals surface area (Å²) in [7, 11) is 0. The number of aliphatic hydroxyl groups is 1. The van der Waals surface area contributed by atoms with Crippen LogP contribution >= 0.6 is 0 Å². The maximum Gasteiger partial charge on any atom is 0.0699 e. The molecule has 0 aromatic rings. The fraction of sp³-hybridized carbons (Fsp3) is 1.00. The molecule has 0 radical (unpaired) electrons. The van der Waals surface area contributed by atoms with Crippen molar-refractivity contribution in [3.63, 3.8) is 0 Å². The van der Waals surface area contributed by atoms with Gasteiger partial charge in [0.2, 0.25) is 0 Å². The van der Waals surface area contributed by atoms with E-state index in [1.165, 1.54) is 32.1 Å². The molecule has 2 N–H and O–H groups in total. The molecule has 0 amide bonds. The molecular weight excluding hydrogens is 202 g/mol. The van der Waals surface area contributed by atoms with Gasteiger partial charge in [-0.05, 0) is 57.4 Å². The van der Waals surface area contributed by atoms with Gasteiger partial charge in [0.25, 0.3) is 0 Å². The van der Waals surface area contributed by atoms with E-state index in [9.17, 15) is 5.11 Å². The largest absolute Gasteiger partial charge is 0.393 e. The van der Waals surface area contributed by atoms with Crippen LogP contribution in [0.3, 0.4) is 0 Å². The second-order valence-electron chi connectivity index (χ2n) is 5.32. The van der Waals surface area contributed by atoms with Gasteiger partial charge in [-0.2, -0.15) is 0 Å². The lowest BCUT2D eigenvalue weighted by atomic mass is 9.87. The normalized spacial score (nSPS) is 36.2. The molecule has 1 heterocycles. The minimum atomic E-state index is -0.0297. The molecule has 1 unspecified atom stereocenters. The molecule has 1 aliphatic carbocycles. The Bertz CT molecular complexity index is 184. The van der Waals surface area contributed by atoms with Crippen LogP contribution in [0.4, 0.5) is 0 Å². The van der Waals surface area contributed by atoms with E-state index in [4.69, 9.17) is 4.74 Å². The molecule has 0 aromatic carbocycles. The van der Waals surface area contributed by atoms with Gasteiger partial charge in [-0.25, -0.2) is 0 Å². The minimum absolute atomic E-state index is 0.0297. The Morgan fingerprint density at radius 2 is 1.81 bits per heavy atom. The smallest absolute Gasteiger partial charge is 0.0699 e. The molecule has 2 aliphatic rings. The first-order valence-corrected chi connectivity index (χ1v) is 6.85. The van der Waals surface area contributed by atoms with Gasteiger partial charge in [-0.15, -0.1) is 0 Å². The zero-order valence-electron chi connectivity index (χ0n) is 10.2. The highest BCUT2D eigenvalue weighted by atomic mass is 16.5. The van der Waals surface area contributed by atoms with Gasteiger partial charge < -0.3 is 15.2 Å². The number of ether oxygens (including phenoxy) is 1. The summed E-state index contributed by atoms with van der Waals surface area (Å²) in [6, 6.07) is 0. The second kappa shape index (κ2) is 6.58. The average molecular weight is 227 g/mol. The summed E-state index contributed by atoms with van der Waals surface area (Å²) in [5.41, 5.74) is 0. The number of rotatable bonds is 4. The molecule has 16 heavy (non-hydrogen) atoms. The van der Waals surface area contributed by atoms with Crippen molar-refractivity contribution in [3.8, 4) is 0 Å². The molecule has 0 bridgehead atoms. The van der Waals surface area contributed by atoms with Gasteiger partial charge in [-0.1, -0.05) is 0 Å². The number of hydrogen-bond acceptors (Lipinski definition) is 3. The Balaban J connectivity index is 1.53. The lowest BCUT2D eigenvalue weighted by Crippen LogP contribution is -2.35. The Labute approximate surface area is 98.6 Å². The van der Waals surface area contributed by atoms with Gasteiger partial charge in [-0.3, -0.25) is 0 Å². The van der Waals surface area contributed by atoms with E-state index in [0.717, 1.165) is 38.5 Å². The SMILES string of the molecule is OC1CCC(CNCC2CCCCO2)CC1. The van der Waals surface area contributed by atoms with E-state index in [-0.39, 0.29) is 6.10 Å². The Kier molecular flexibility index (Phi) is 5.07. The second-order valence-corrected chi connectivity index (χ2v) is 5.32. The van der Waals surface area contributed by atoms with Crippen molar-refractivity contribution in [1.82, 2.24) is 5.32 Å². The van der Waals surface area contributed by atoms with Gasteiger partial charge in [0.05, 0.1) is 12.2 Å². The van der Waals surface area contributed by atoms with Gasteiger partial charge in [0.1, 0.15) is 0 Å². The summed E-state index contributed by atoms with van der Waals surface area (Å²) < 4.78 is 5.68. The Morgan fingerprint density at radius 1 is 1.00 bits per heavy atom. The fourth-order valence-electron chi connectivity index (χ4n) is 2.77. The Hall–Kier alpha value is -0.120. The van der Waals surface area contributed by atoms with Crippen molar-refractivity contribution in [3.05, 3.63) is 0 Å². The quantitative estimate of drug-likeness (QED) is 0.768. The molecule has 1 aliphatic heterocycles. The number of nitrogens with one attached hydrogen (secondary N) is 1. The summed E-state index contributed by atoms with van der Waals surface area (Å²) in [6.45, 7) is 3.06. The summed E-state index contributed by atoms with van der Waals surface area (Å²) in [4.78, 5) is 0. The maximum absolute atomic E-state index is 9.42. The average Bonchev–Trinajstić information content (AvgIpc) is 2.33. The van der Waals surface area contributed by atoms with Crippen molar-refractivity contribution in [2.75, 3.05) is 19.7 Å². The highest BCUT2D eigenvalue weighted by Gasteiger charge is 2.19. The monoisotopic (exact) mass is 227 g/mol. The van der Waals surface area contributed by atoms with Crippen LogP contribution in [0.25, 0.3) is 0 Å². The number of hydrogen-bond donors (Lipinski definition) is 2. The molecular formula is C13H25NO2. The molecule has 2 rings (SSSR count). The molecule has 3 nitrogen and oxygen atoms in total. The van der Waals surface area contributed by atoms with Crippen molar-refractivity contribution < 1.29 is 9.84 Å². The van der Waals surface area contributed by atoms with E-state index in [2.05, 4.69) is 5.32 Å². The Morgan fingerprint density at radius 3 is 2.50 bits per heavy atom. The third-order valence-corrected chi connectivity index (χ3v) is 3.90. The molecule has 0 aromatic heterocycles. The standard InChI is InChI=1S/C13H25NO2/c15-12-6-4-11(5-7-12)9-14-10-13-3-1-2-8-16-13/h11-15H,1-10H2. The van der Waals surface area contributed by atoms with E-state index < -0.39 is 0 Å². The third-order valence-electron chi connectivity index (χ3n) is 3.90. The number of aliphatic hydroxyl groups excluding tert-OH is 1. The van der Waals surface area contributed by atoms with Crippen LogP contribution in [0, 0.1) is 5.92 Å². The van der Waals surface area contributed by atoms with Crippen molar-refractivity contribution in [1.29, 1.82) is 0 Å². The topological polar surface area (TPSA) is 41.5 Å². The molecule has 2 fully saturated rings. The highest BCUT2D eigenvalue weighted by Crippen LogP contribution is 2.23. The first kappa shape index (κ1) is 12.3. The molecule has 3 heteroatoms. The van der Waals surface area contributed by atoms with Crippen molar-refractivity contribution >= 4 is 0 Å². The summed E-state index contributed by atoms with van der Waals surface area (Å²) >= 11 is 0. The van der Waals surface area contributed by atoms with Crippen LogP contribution in [0.1, 0.15) is 44.9 Å². The zero-order valence-corrected chi connectivity index (χ0v) is 10.2. The maximum atomic E-state index is 9.42. The molecule has 1 saturated carbocycles. The lowest BCUT2D eigenvalue weighted by Gasteiger charge is -2.27. The van der Waals surface area contributed by atoms with Crippen LogP contribution in [-0.2, 0) is 4.74 Å². The van der Waals surface area contributed by atoms with E-state index in [1.807, 2.05) is 0 Å². The predicted octanol–water partition coefficient (Wildman–Crippen LogP) is 1.70. The van der Waals surface area contributed by atoms with Gasteiger partial charge >= 0.3 is 0 Å². The summed E-state index contributed by atoms with van der Waals surface area (Å²) in [6.07, 6.45) is 8.54. The van der Waals surface area contributed by atoms with Crippen molar-refractivity contribution in [2.24, 2.45) is 5.92 Å². The summed E-state index contributed by atoms with van der Waals surface area (Å²) in [5.74, 6) is 0.770. The highest BCUT2D eigenvalue weighted by molar-refractivity contribution is 4.74. The molecule has 0 spiro atoms. The van der Waals surface area contributed by atoms with Crippen molar-refractivity contribution in [2.45, 2.75) is 57.2 Å². The minimum Gasteiger partial charge on any atom is -0.393 e. The van der Waals surface area contributed by atoms with Crippen LogP contribution in [0.5, 0.6) is 0 Å². The van der Waals surface area contributed by atoms with Gasteiger partial charge in [0.15, 0.2) is 0 Å². The fourth-order valence-corrected chi connectivity index (χ4v) is 2.77. The van der Waals surface area contributed by atoms with Crippen LogP contribution < -0.4 is 5.32 Å². The van der Waals surface area contributed by atoms with E-state index >= 15 is 0 Å². The van der Waals surface area contributed by atoms with Crippen LogP contribution in [0.15, 0.2) is 0 Å². The molecule has 1 atom stereocenters. The third kappa shape index (κ3) is 4.04.